The van der Waals surface area contributed by atoms with E-state index < -0.39 is 5.97 Å². The maximum Gasteiger partial charge on any atom is 0.337 e. The maximum atomic E-state index is 13.0. The highest BCUT2D eigenvalue weighted by Gasteiger charge is 2.19. The van der Waals surface area contributed by atoms with Crippen molar-refractivity contribution >= 4 is 28.2 Å². The van der Waals surface area contributed by atoms with Gasteiger partial charge in [-0.3, -0.25) is 9.80 Å². The third kappa shape index (κ3) is 4.24. The average Bonchev–Trinajstić information content (AvgIpc) is 2.79. The molecular weight excluding hydrogens is 420 g/mol. The summed E-state index contributed by atoms with van der Waals surface area (Å²) in [6, 6.07) is 11.5. The van der Waals surface area contributed by atoms with Gasteiger partial charge in [0.1, 0.15) is 11.3 Å². The molecule has 1 aliphatic heterocycles. The van der Waals surface area contributed by atoms with Crippen molar-refractivity contribution in [1.82, 2.24) is 5.01 Å². The predicted molar refractivity (Wildman–Crippen MR) is 128 cm³/mol. The molecule has 1 aliphatic rings. The van der Waals surface area contributed by atoms with Crippen molar-refractivity contribution in [2.75, 3.05) is 5.32 Å². The second kappa shape index (κ2) is 8.68. The molecular formula is C25H24N4O4. The van der Waals surface area contributed by atoms with Crippen LogP contribution in [0.15, 0.2) is 81.9 Å². The van der Waals surface area contributed by atoms with Gasteiger partial charge in [0.25, 0.3) is 0 Å². The topological polar surface area (TPSA) is 135 Å². The molecule has 0 fully saturated rings. The third-order valence-electron chi connectivity index (χ3n) is 5.47. The minimum atomic E-state index is -1.03. The van der Waals surface area contributed by atoms with Gasteiger partial charge in [-0.25, -0.2) is 10.6 Å². The van der Waals surface area contributed by atoms with Crippen LogP contribution >= 0.6 is 0 Å². The number of rotatable bonds is 5. The van der Waals surface area contributed by atoms with Crippen molar-refractivity contribution in [1.29, 1.82) is 0 Å². The van der Waals surface area contributed by atoms with E-state index in [4.69, 9.17) is 16.0 Å². The summed E-state index contributed by atoms with van der Waals surface area (Å²) in [4.78, 5) is 24.6. The Bertz CT molecular complexity index is 1400. The van der Waals surface area contributed by atoms with Gasteiger partial charge in [0.05, 0.1) is 22.7 Å². The van der Waals surface area contributed by atoms with E-state index in [9.17, 15) is 14.7 Å². The Morgan fingerprint density at radius 2 is 2.00 bits per heavy atom. The number of nitrogens with two attached hydrogens (primary N) is 2. The van der Waals surface area contributed by atoms with Crippen LogP contribution < -0.4 is 22.3 Å². The summed E-state index contributed by atoms with van der Waals surface area (Å²) in [5.74, 6) is 5.20. The number of nitrogens with zero attached hydrogens (tertiary/aromatic N) is 1. The molecule has 0 aliphatic carbocycles. The molecule has 3 aromatic rings. The molecule has 0 spiro atoms. The Labute approximate surface area is 190 Å². The van der Waals surface area contributed by atoms with Crippen LogP contribution in [0.5, 0.6) is 0 Å². The van der Waals surface area contributed by atoms with Gasteiger partial charge in [-0.1, -0.05) is 18.2 Å². The second-order valence-corrected chi connectivity index (χ2v) is 7.84. The number of nitrogens with one attached hydrogen (secondary N) is 1. The molecule has 0 saturated carbocycles. The third-order valence-corrected chi connectivity index (χ3v) is 5.47. The van der Waals surface area contributed by atoms with E-state index in [2.05, 4.69) is 5.32 Å². The fourth-order valence-electron chi connectivity index (χ4n) is 3.82. The van der Waals surface area contributed by atoms with Gasteiger partial charge < -0.3 is 20.6 Å². The molecule has 1 unspecified atom stereocenters. The number of anilines is 1. The number of carboxylic acid groups (broad SMARTS) is 1. The number of carbonyl (C=O) groups is 1. The Balaban J connectivity index is 1.83. The van der Waals surface area contributed by atoms with E-state index in [1.807, 2.05) is 19.9 Å². The van der Waals surface area contributed by atoms with E-state index in [-0.39, 0.29) is 17.0 Å². The molecule has 8 nitrogen and oxygen atoms in total. The first-order valence-corrected chi connectivity index (χ1v) is 10.3. The molecule has 33 heavy (non-hydrogen) atoms. The molecule has 2 aromatic carbocycles. The number of hydrogen-bond acceptors (Lipinski definition) is 7. The highest BCUT2D eigenvalue weighted by atomic mass is 16.4. The largest absolute Gasteiger partial charge is 0.478 e. The Hall–Kier alpha value is -4.30. The smallest absolute Gasteiger partial charge is 0.337 e. The molecule has 168 valence electrons. The number of para-hydroxylation sites is 1. The van der Waals surface area contributed by atoms with Crippen molar-refractivity contribution < 1.29 is 14.3 Å². The van der Waals surface area contributed by atoms with E-state index in [0.717, 1.165) is 11.1 Å². The minimum absolute atomic E-state index is 0.161. The van der Waals surface area contributed by atoms with Crippen LogP contribution in [0.25, 0.3) is 16.5 Å². The van der Waals surface area contributed by atoms with Gasteiger partial charge in [0.15, 0.2) is 5.43 Å². The lowest BCUT2D eigenvalue weighted by Gasteiger charge is -2.21. The summed E-state index contributed by atoms with van der Waals surface area (Å²) in [6.45, 7) is 3.79. The highest BCUT2D eigenvalue weighted by Crippen LogP contribution is 2.31. The van der Waals surface area contributed by atoms with E-state index in [1.54, 1.807) is 42.6 Å². The van der Waals surface area contributed by atoms with Crippen LogP contribution in [0, 0.1) is 6.92 Å². The fourth-order valence-corrected chi connectivity index (χ4v) is 3.82. The zero-order chi connectivity index (χ0) is 23.7. The zero-order valence-corrected chi connectivity index (χ0v) is 18.2. The van der Waals surface area contributed by atoms with Crippen LogP contribution in [0.1, 0.15) is 40.2 Å². The Kier molecular flexibility index (Phi) is 5.76. The van der Waals surface area contributed by atoms with Crippen LogP contribution in [0.4, 0.5) is 5.69 Å². The van der Waals surface area contributed by atoms with Crippen LogP contribution in [0.3, 0.4) is 0 Å². The van der Waals surface area contributed by atoms with E-state index >= 15 is 0 Å². The summed E-state index contributed by atoms with van der Waals surface area (Å²) in [5, 5.41) is 14.6. The number of aromatic carboxylic acids is 1. The lowest BCUT2D eigenvalue weighted by molar-refractivity contribution is 0.0698. The number of benzene rings is 2. The van der Waals surface area contributed by atoms with Crippen LogP contribution in [-0.4, -0.2) is 16.1 Å². The lowest BCUT2D eigenvalue weighted by atomic mass is 10.00. The second-order valence-electron chi connectivity index (χ2n) is 7.84. The summed E-state index contributed by atoms with van der Waals surface area (Å²) in [7, 11) is 0. The minimum Gasteiger partial charge on any atom is -0.478 e. The summed E-state index contributed by atoms with van der Waals surface area (Å²) in [5.41, 5.74) is 9.35. The Morgan fingerprint density at radius 1 is 1.24 bits per heavy atom. The molecule has 1 aromatic heterocycles. The van der Waals surface area contributed by atoms with Crippen LogP contribution in [-0.2, 0) is 0 Å². The standard InChI is InChI=1S/C25H24N4O4/c1-14-9-19(15(2)28-21-6-4-3-5-18(21)25(31)32)24-20(10-14)22(30)12-23(33-24)16-7-8-29(27)17(11-16)13-26/h3-13,15,28H,26-27H2,1-2H3,(H,31,32)/b17-13-. The summed E-state index contributed by atoms with van der Waals surface area (Å²) >= 11 is 0. The number of hydrazine groups is 1. The SMILES string of the molecule is Cc1cc(C(C)Nc2ccccc2C(=O)O)c2oc(C3=C/C(=C/N)N(N)C=C3)cc(=O)c2c1. The molecule has 8 heteroatoms. The van der Waals surface area contributed by atoms with Gasteiger partial charge in [-0.15, -0.1) is 0 Å². The quantitative estimate of drug-likeness (QED) is 0.436. The molecule has 4 rings (SSSR count). The molecule has 0 saturated heterocycles. The average molecular weight is 444 g/mol. The molecule has 0 bridgehead atoms. The van der Waals surface area contributed by atoms with Crippen molar-refractivity contribution in [2.24, 2.45) is 11.6 Å². The first-order chi connectivity index (χ1) is 15.8. The van der Waals surface area contributed by atoms with Crippen molar-refractivity contribution in [3.05, 3.63) is 105 Å². The van der Waals surface area contributed by atoms with Gasteiger partial charge in [-0.05, 0) is 49.8 Å². The molecule has 0 amide bonds. The van der Waals surface area contributed by atoms with Gasteiger partial charge in [0.2, 0.25) is 0 Å². The first kappa shape index (κ1) is 21.9. The van der Waals surface area contributed by atoms with Crippen LogP contribution in [0.2, 0.25) is 0 Å². The number of allylic oxidation sites excluding steroid dienone is 3. The number of hydrogen-bond donors (Lipinski definition) is 4. The van der Waals surface area contributed by atoms with Gasteiger partial charge in [0, 0.05) is 35.3 Å². The van der Waals surface area contributed by atoms with Crippen molar-refractivity contribution in [3.8, 4) is 0 Å². The monoisotopic (exact) mass is 444 g/mol. The predicted octanol–water partition coefficient (Wildman–Crippen LogP) is 3.86. The molecule has 1 atom stereocenters. The van der Waals surface area contributed by atoms with Crippen molar-refractivity contribution in [2.45, 2.75) is 19.9 Å². The van der Waals surface area contributed by atoms with Gasteiger partial charge in [-0.2, -0.15) is 0 Å². The first-order valence-electron chi connectivity index (χ1n) is 10.3. The maximum absolute atomic E-state index is 13.0. The van der Waals surface area contributed by atoms with E-state index in [1.165, 1.54) is 23.3 Å². The van der Waals surface area contributed by atoms with E-state index in [0.29, 0.717) is 33.7 Å². The molecule has 6 N–H and O–H groups in total. The van der Waals surface area contributed by atoms with Crippen molar-refractivity contribution in [3.63, 3.8) is 0 Å². The number of aryl methyl sites for hydroxylation is 1. The molecule has 0 radical (unpaired) electrons. The highest BCUT2D eigenvalue weighted by molar-refractivity contribution is 5.94. The lowest BCUT2D eigenvalue weighted by Crippen LogP contribution is -2.25. The Morgan fingerprint density at radius 3 is 2.73 bits per heavy atom. The summed E-state index contributed by atoms with van der Waals surface area (Å²) in [6.07, 6.45) is 6.45. The fraction of sp³-hybridized carbons (Fsp3) is 0.120. The van der Waals surface area contributed by atoms with Gasteiger partial charge >= 0.3 is 5.97 Å². The molecule has 2 heterocycles. The zero-order valence-electron chi connectivity index (χ0n) is 18.2. The number of fused-ring (bicyclic) bond motifs is 1. The normalized spacial score (nSPS) is 15.5. The summed E-state index contributed by atoms with van der Waals surface area (Å²) < 4.78 is 6.23. The number of carboxylic acids is 1.